The lowest BCUT2D eigenvalue weighted by molar-refractivity contribution is -0.122. The summed E-state index contributed by atoms with van der Waals surface area (Å²) >= 11 is 0. The van der Waals surface area contributed by atoms with E-state index in [-0.39, 0.29) is 11.9 Å². The fourth-order valence-electron chi connectivity index (χ4n) is 2.21. The molecule has 1 fully saturated rings. The van der Waals surface area contributed by atoms with Crippen LogP contribution >= 0.6 is 0 Å². The molecular formula is C13H19N3O2. The Morgan fingerprint density at radius 1 is 1.33 bits per heavy atom. The number of nitrogens with two attached hydrogens (primary N) is 1. The molecular weight excluding hydrogens is 230 g/mol. The third-order valence-corrected chi connectivity index (χ3v) is 3.41. The van der Waals surface area contributed by atoms with Crippen LogP contribution in [-0.4, -0.2) is 50.6 Å². The van der Waals surface area contributed by atoms with E-state index in [9.17, 15) is 4.79 Å². The van der Waals surface area contributed by atoms with Gasteiger partial charge in [-0.2, -0.15) is 0 Å². The standard InChI is InChI=1S/C13H19N3O2/c1-15-7-8-16(9-12(15)13(14)17)10-3-5-11(18-2)6-4-10/h3-6,12H,7-9H2,1-2H3,(H2,14,17)/t12-/m0/s1. The maximum absolute atomic E-state index is 11.4. The van der Waals surface area contributed by atoms with Crippen molar-refractivity contribution in [3.05, 3.63) is 24.3 Å². The molecule has 98 valence electrons. The second-order valence-corrected chi connectivity index (χ2v) is 4.54. The number of carbonyl (C=O) groups excluding carboxylic acids is 1. The van der Waals surface area contributed by atoms with Gasteiger partial charge in [-0.15, -0.1) is 0 Å². The van der Waals surface area contributed by atoms with E-state index in [1.54, 1.807) is 7.11 Å². The number of anilines is 1. The predicted octanol–water partition coefficient (Wildman–Crippen LogP) is 0.301. The highest BCUT2D eigenvalue weighted by Gasteiger charge is 2.28. The van der Waals surface area contributed by atoms with Crippen molar-refractivity contribution in [1.82, 2.24) is 4.90 Å². The highest BCUT2D eigenvalue weighted by Crippen LogP contribution is 2.21. The molecule has 2 N–H and O–H groups in total. The van der Waals surface area contributed by atoms with Crippen LogP contribution in [0.1, 0.15) is 0 Å². The zero-order chi connectivity index (χ0) is 13.1. The number of rotatable bonds is 3. The van der Waals surface area contributed by atoms with Gasteiger partial charge in [0.2, 0.25) is 5.91 Å². The predicted molar refractivity (Wildman–Crippen MR) is 70.8 cm³/mol. The Morgan fingerprint density at radius 2 is 2.00 bits per heavy atom. The van der Waals surface area contributed by atoms with Gasteiger partial charge in [-0.3, -0.25) is 9.69 Å². The molecule has 1 heterocycles. The summed E-state index contributed by atoms with van der Waals surface area (Å²) in [7, 11) is 3.58. The fraction of sp³-hybridized carbons (Fsp3) is 0.462. The summed E-state index contributed by atoms with van der Waals surface area (Å²) in [6.45, 7) is 2.37. The van der Waals surface area contributed by atoms with Crippen LogP contribution in [0.25, 0.3) is 0 Å². The molecule has 1 atom stereocenters. The molecule has 1 saturated heterocycles. The van der Waals surface area contributed by atoms with Gasteiger partial charge in [-0.1, -0.05) is 0 Å². The van der Waals surface area contributed by atoms with Gasteiger partial charge >= 0.3 is 0 Å². The first kappa shape index (κ1) is 12.7. The van der Waals surface area contributed by atoms with Gasteiger partial charge in [0.1, 0.15) is 11.8 Å². The summed E-state index contributed by atoms with van der Waals surface area (Å²) in [5.41, 5.74) is 6.51. The fourth-order valence-corrected chi connectivity index (χ4v) is 2.21. The van der Waals surface area contributed by atoms with Gasteiger partial charge < -0.3 is 15.4 Å². The van der Waals surface area contributed by atoms with E-state index < -0.39 is 0 Å². The normalized spacial score (nSPS) is 20.8. The number of benzene rings is 1. The minimum atomic E-state index is -0.268. The number of ether oxygens (including phenoxy) is 1. The smallest absolute Gasteiger partial charge is 0.236 e. The lowest BCUT2D eigenvalue weighted by Gasteiger charge is -2.39. The lowest BCUT2D eigenvalue weighted by atomic mass is 10.1. The SMILES string of the molecule is COc1ccc(N2CCN(C)[C@H](C(N)=O)C2)cc1. The molecule has 1 aliphatic rings. The van der Waals surface area contributed by atoms with Crippen LogP contribution in [-0.2, 0) is 4.79 Å². The van der Waals surface area contributed by atoms with Gasteiger partial charge in [-0.25, -0.2) is 0 Å². The van der Waals surface area contributed by atoms with E-state index >= 15 is 0 Å². The Labute approximate surface area is 107 Å². The molecule has 0 unspecified atom stereocenters. The highest BCUT2D eigenvalue weighted by atomic mass is 16.5. The molecule has 1 aromatic rings. The third kappa shape index (κ3) is 2.56. The molecule has 2 rings (SSSR count). The van der Waals surface area contributed by atoms with Crippen molar-refractivity contribution in [3.63, 3.8) is 0 Å². The van der Waals surface area contributed by atoms with Crippen molar-refractivity contribution in [2.24, 2.45) is 5.73 Å². The number of hydrogen-bond acceptors (Lipinski definition) is 4. The number of primary amides is 1. The van der Waals surface area contributed by atoms with Crippen LogP contribution < -0.4 is 15.4 Å². The number of likely N-dealkylation sites (N-methyl/N-ethyl adjacent to an activating group) is 1. The Morgan fingerprint density at radius 3 is 2.56 bits per heavy atom. The molecule has 18 heavy (non-hydrogen) atoms. The van der Waals surface area contributed by atoms with Crippen LogP contribution in [0.4, 0.5) is 5.69 Å². The van der Waals surface area contributed by atoms with E-state index in [4.69, 9.17) is 10.5 Å². The van der Waals surface area contributed by atoms with Crippen molar-refractivity contribution >= 4 is 11.6 Å². The van der Waals surface area contributed by atoms with E-state index in [0.717, 1.165) is 24.5 Å². The topological polar surface area (TPSA) is 58.8 Å². The summed E-state index contributed by atoms with van der Waals surface area (Å²) in [5, 5.41) is 0. The zero-order valence-corrected chi connectivity index (χ0v) is 10.8. The first-order chi connectivity index (χ1) is 8.61. The van der Waals surface area contributed by atoms with Gasteiger partial charge in [0.15, 0.2) is 0 Å². The molecule has 0 saturated carbocycles. The number of hydrogen-bond donors (Lipinski definition) is 1. The summed E-state index contributed by atoms with van der Waals surface area (Å²) in [5.74, 6) is 0.565. The highest BCUT2D eigenvalue weighted by molar-refractivity contribution is 5.81. The molecule has 0 aromatic heterocycles. The van der Waals surface area contributed by atoms with Gasteiger partial charge in [0, 0.05) is 25.3 Å². The quantitative estimate of drug-likeness (QED) is 0.837. The maximum atomic E-state index is 11.4. The molecule has 0 aliphatic carbocycles. The van der Waals surface area contributed by atoms with Crippen molar-refractivity contribution in [2.75, 3.05) is 38.7 Å². The number of nitrogens with zero attached hydrogens (tertiary/aromatic N) is 2. The van der Waals surface area contributed by atoms with Crippen LogP contribution in [0.2, 0.25) is 0 Å². The van der Waals surface area contributed by atoms with Crippen molar-refractivity contribution in [1.29, 1.82) is 0 Å². The van der Waals surface area contributed by atoms with E-state index in [1.165, 1.54) is 0 Å². The summed E-state index contributed by atoms with van der Waals surface area (Å²) in [6, 6.07) is 7.63. The van der Waals surface area contributed by atoms with Gasteiger partial charge in [0.25, 0.3) is 0 Å². The van der Waals surface area contributed by atoms with Crippen LogP contribution in [0.15, 0.2) is 24.3 Å². The Balaban J connectivity index is 2.11. The number of piperazine rings is 1. The summed E-state index contributed by atoms with van der Waals surface area (Å²) < 4.78 is 5.13. The molecule has 0 spiro atoms. The van der Waals surface area contributed by atoms with Gasteiger partial charge in [-0.05, 0) is 31.3 Å². The van der Waals surface area contributed by atoms with E-state index in [0.29, 0.717) is 6.54 Å². The third-order valence-electron chi connectivity index (χ3n) is 3.41. The largest absolute Gasteiger partial charge is 0.497 e. The van der Waals surface area contributed by atoms with E-state index in [1.807, 2.05) is 36.2 Å². The van der Waals surface area contributed by atoms with Crippen molar-refractivity contribution < 1.29 is 9.53 Å². The van der Waals surface area contributed by atoms with E-state index in [2.05, 4.69) is 4.90 Å². The minimum Gasteiger partial charge on any atom is -0.497 e. The molecule has 1 amide bonds. The summed E-state index contributed by atoms with van der Waals surface area (Å²) in [6.07, 6.45) is 0. The monoisotopic (exact) mass is 249 g/mol. The first-order valence-corrected chi connectivity index (χ1v) is 6.00. The van der Waals surface area contributed by atoms with Crippen LogP contribution in [0, 0.1) is 0 Å². The molecule has 5 nitrogen and oxygen atoms in total. The second-order valence-electron chi connectivity index (χ2n) is 4.54. The molecule has 1 aliphatic heterocycles. The average Bonchev–Trinajstić information content (AvgIpc) is 2.39. The van der Waals surface area contributed by atoms with Crippen LogP contribution in [0.5, 0.6) is 5.75 Å². The summed E-state index contributed by atoms with van der Waals surface area (Å²) in [4.78, 5) is 15.6. The average molecular weight is 249 g/mol. The Kier molecular flexibility index (Phi) is 3.72. The van der Waals surface area contributed by atoms with Crippen molar-refractivity contribution in [3.8, 4) is 5.75 Å². The zero-order valence-electron chi connectivity index (χ0n) is 10.8. The van der Waals surface area contributed by atoms with Gasteiger partial charge in [0.05, 0.1) is 7.11 Å². The number of amides is 1. The number of methoxy groups -OCH3 is 1. The Bertz CT molecular complexity index is 419. The maximum Gasteiger partial charge on any atom is 0.236 e. The molecule has 1 aromatic carbocycles. The minimum absolute atomic E-state index is 0.221. The Hall–Kier alpha value is -1.75. The lowest BCUT2D eigenvalue weighted by Crippen LogP contribution is -2.56. The molecule has 5 heteroatoms. The number of carbonyl (C=O) groups is 1. The first-order valence-electron chi connectivity index (χ1n) is 6.00. The van der Waals surface area contributed by atoms with Crippen LogP contribution in [0.3, 0.4) is 0 Å². The molecule has 0 bridgehead atoms. The van der Waals surface area contributed by atoms with Crippen molar-refractivity contribution in [2.45, 2.75) is 6.04 Å². The second kappa shape index (κ2) is 5.27. The molecule has 0 radical (unpaired) electrons.